The number of likely N-dealkylation sites (N-methyl/N-ethyl adjacent to an activating group) is 1. The van der Waals surface area contributed by atoms with Crippen LogP contribution in [-0.2, 0) is 13.5 Å². The molecule has 1 saturated heterocycles. The van der Waals surface area contributed by atoms with Crippen LogP contribution in [0.3, 0.4) is 0 Å². The molecule has 0 saturated carbocycles. The van der Waals surface area contributed by atoms with E-state index in [1.165, 1.54) is 5.56 Å². The second kappa shape index (κ2) is 7.70. The molecule has 1 aromatic heterocycles. The molecule has 0 unspecified atom stereocenters. The van der Waals surface area contributed by atoms with Crippen LogP contribution in [0.4, 0.5) is 10.5 Å². The summed E-state index contributed by atoms with van der Waals surface area (Å²) in [4.78, 5) is 14.6. The van der Waals surface area contributed by atoms with Crippen molar-refractivity contribution in [2.45, 2.75) is 19.3 Å². The highest BCUT2D eigenvalue weighted by atomic mass is 16.2. The van der Waals surface area contributed by atoms with Crippen LogP contribution in [-0.4, -0.2) is 47.4 Å². The van der Waals surface area contributed by atoms with Crippen molar-refractivity contribution in [3.63, 3.8) is 0 Å². The molecule has 6 heteroatoms. The third-order valence-electron chi connectivity index (χ3n) is 4.86. The monoisotopic (exact) mass is 341 g/mol. The molecule has 1 aliphatic heterocycles. The molecule has 134 valence electrons. The maximum absolute atomic E-state index is 12.3. The van der Waals surface area contributed by atoms with Gasteiger partial charge in [-0.25, -0.2) is 4.79 Å². The van der Waals surface area contributed by atoms with Gasteiger partial charge in [0, 0.05) is 38.8 Å². The Bertz CT molecular complexity index is 712. The third-order valence-corrected chi connectivity index (χ3v) is 4.86. The third kappa shape index (κ3) is 4.20. The first-order valence-electron chi connectivity index (χ1n) is 8.87. The summed E-state index contributed by atoms with van der Waals surface area (Å²) < 4.78 is 1.73. The lowest BCUT2D eigenvalue weighted by atomic mass is 9.89. The lowest BCUT2D eigenvalue weighted by molar-refractivity contribution is 0.249. The molecule has 6 nitrogen and oxygen atoms in total. The van der Waals surface area contributed by atoms with Crippen LogP contribution in [0.15, 0.2) is 36.5 Å². The van der Waals surface area contributed by atoms with Gasteiger partial charge in [-0.3, -0.25) is 4.68 Å². The molecule has 2 heterocycles. The number of nitrogens with one attached hydrogen (secondary N) is 2. The normalized spacial score (nSPS) is 20.6. The van der Waals surface area contributed by atoms with Crippen molar-refractivity contribution >= 4 is 11.7 Å². The van der Waals surface area contributed by atoms with Crippen molar-refractivity contribution < 1.29 is 4.79 Å². The Hall–Kier alpha value is -2.34. The van der Waals surface area contributed by atoms with E-state index in [4.69, 9.17) is 0 Å². The SMILES string of the molecule is CCc1nn(C)cc1NC(=O)NC[C@H]1CN(C)C[C@@H]1c1ccccc1. The van der Waals surface area contributed by atoms with Gasteiger partial charge in [-0.2, -0.15) is 5.10 Å². The van der Waals surface area contributed by atoms with Crippen molar-refractivity contribution in [3.05, 3.63) is 47.8 Å². The molecule has 25 heavy (non-hydrogen) atoms. The molecule has 3 rings (SSSR count). The number of aryl methyl sites for hydroxylation is 2. The van der Waals surface area contributed by atoms with E-state index in [2.05, 4.69) is 51.9 Å². The zero-order valence-electron chi connectivity index (χ0n) is 15.2. The molecule has 1 aromatic carbocycles. The largest absolute Gasteiger partial charge is 0.338 e. The molecule has 2 aromatic rings. The van der Waals surface area contributed by atoms with E-state index in [-0.39, 0.29) is 6.03 Å². The van der Waals surface area contributed by atoms with E-state index in [9.17, 15) is 4.79 Å². The molecule has 1 aliphatic rings. The number of benzene rings is 1. The molecule has 1 fully saturated rings. The fraction of sp³-hybridized carbons (Fsp3) is 0.474. The number of anilines is 1. The standard InChI is InChI=1S/C19H27N5O/c1-4-17-18(13-24(3)22-17)21-19(25)20-10-15-11-23(2)12-16(15)14-8-6-5-7-9-14/h5-9,13,15-16H,4,10-12H2,1-3H3,(H2,20,21,25)/t15-,16+/m0/s1. The number of carbonyl (C=O) groups excluding carboxylic acids is 1. The zero-order chi connectivity index (χ0) is 17.8. The van der Waals surface area contributed by atoms with Crippen LogP contribution in [0, 0.1) is 5.92 Å². The Morgan fingerprint density at radius 1 is 1.24 bits per heavy atom. The second-order valence-corrected chi connectivity index (χ2v) is 6.85. The van der Waals surface area contributed by atoms with Crippen molar-refractivity contribution in [2.24, 2.45) is 13.0 Å². The van der Waals surface area contributed by atoms with E-state index in [1.807, 2.05) is 26.2 Å². The topological polar surface area (TPSA) is 62.2 Å². The average molecular weight is 341 g/mol. The molecule has 2 atom stereocenters. The summed E-state index contributed by atoms with van der Waals surface area (Å²) in [6.45, 7) is 4.72. The predicted molar refractivity (Wildman–Crippen MR) is 99.8 cm³/mol. The number of hydrogen-bond donors (Lipinski definition) is 2. The number of aromatic nitrogens is 2. The van der Waals surface area contributed by atoms with Gasteiger partial charge in [-0.1, -0.05) is 37.3 Å². The molecular formula is C19H27N5O. The van der Waals surface area contributed by atoms with Crippen molar-refractivity contribution in [3.8, 4) is 0 Å². The fourth-order valence-corrected chi connectivity index (χ4v) is 3.66. The number of hydrogen-bond acceptors (Lipinski definition) is 3. The molecule has 0 radical (unpaired) electrons. The summed E-state index contributed by atoms with van der Waals surface area (Å²) in [7, 11) is 4.00. The van der Waals surface area contributed by atoms with Gasteiger partial charge in [0.2, 0.25) is 0 Å². The van der Waals surface area contributed by atoms with Gasteiger partial charge in [0.05, 0.1) is 11.4 Å². The Morgan fingerprint density at radius 2 is 2.00 bits per heavy atom. The number of nitrogens with zero attached hydrogens (tertiary/aromatic N) is 3. The summed E-state index contributed by atoms with van der Waals surface area (Å²) in [6, 6.07) is 10.4. The van der Waals surface area contributed by atoms with Crippen molar-refractivity contribution in [1.29, 1.82) is 0 Å². The molecule has 0 spiro atoms. The van der Waals surface area contributed by atoms with Crippen LogP contribution in [0.5, 0.6) is 0 Å². The van der Waals surface area contributed by atoms with Crippen LogP contribution in [0.1, 0.15) is 24.1 Å². The highest BCUT2D eigenvalue weighted by molar-refractivity contribution is 5.89. The maximum Gasteiger partial charge on any atom is 0.319 e. The number of urea groups is 1. The number of amides is 2. The number of rotatable bonds is 5. The lowest BCUT2D eigenvalue weighted by Gasteiger charge is -2.19. The average Bonchev–Trinajstić information content (AvgIpc) is 3.15. The van der Waals surface area contributed by atoms with Gasteiger partial charge in [0.15, 0.2) is 0 Å². The summed E-state index contributed by atoms with van der Waals surface area (Å²) in [5.41, 5.74) is 3.03. The van der Waals surface area contributed by atoms with Gasteiger partial charge in [0.25, 0.3) is 0 Å². The van der Waals surface area contributed by atoms with Crippen molar-refractivity contribution in [2.75, 3.05) is 32.0 Å². The predicted octanol–water partition coefficient (Wildman–Crippen LogP) is 2.45. The van der Waals surface area contributed by atoms with Gasteiger partial charge in [0.1, 0.15) is 0 Å². The van der Waals surface area contributed by atoms with Crippen LogP contribution in [0.2, 0.25) is 0 Å². The first-order valence-corrected chi connectivity index (χ1v) is 8.87. The molecule has 0 aliphatic carbocycles. The number of carbonyl (C=O) groups is 1. The van der Waals surface area contributed by atoms with Gasteiger partial charge in [-0.15, -0.1) is 0 Å². The van der Waals surface area contributed by atoms with E-state index in [0.717, 1.165) is 30.9 Å². The smallest absolute Gasteiger partial charge is 0.319 e. The Balaban J connectivity index is 1.59. The minimum atomic E-state index is -0.163. The molecule has 2 N–H and O–H groups in total. The van der Waals surface area contributed by atoms with Gasteiger partial charge < -0.3 is 15.5 Å². The fourth-order valence-electron chi connectivity index (χ4n) is 3.66. The minimum Gasteiger partial charge on any atom is -0.338 e. The minimum absolute atomic E-state index is 0.163. The first kappa shape index (κ1) is 17.5. The highest BCUT2D eigenvalue weighted by Gasteiger charge is 2.32. The van der Waals surface area contributed by atoms with E-state index < -0.39 is 0 Å². The summed E-state index contributed by atoms with van der Waals surface area (Å²) in [6.07, 6.45) is 2.63. The van der Waals surface area contributed by atoms with Crippen LogP contribution >= 0.6 is 0 Å². The Kier molecular flexibility index (Phi) is 5.38. The van der Waals surface area contributed by atoms with Gasteiger partial charge >= 0.3 is 6.03 Å². The molecule has 0 bridgehead atoms. The summed E-state index contributed by atoms with van der Waals surface area (Å²) in [5.74, 6) is 0.869. The van der Waals surface area contributed by atoms with E-state index in [0.29, 0.717) is 18.4 Å². The van der Waals surface area contributed by atoms with Crippen LogP contribution < -0.4 is 10.6 Å². The van der Waals surface area contributed by atoms with Crippen molar-refractivity contribution in [1.82, 2.24) is 20.0 Å². The zero-order valence-corrected chi connectivity index (χ0v) is 15.2. The number of likely N-dealkylation sites (tertiary alicyclic amines) is 1. The first-order chi connectivity index (χ1) is 12.1. The van der Waals surface area contributed by atoms with E-state index >= 15 is 0 Å². The Morgan fingerprint density at radius 3 is 2.72 bits per heavy atom. The Labute approximate surface area is 149 Å². The summed E-state index contributed by atoms with van der Waals surface area (Å²) in [5, 5.41) is 10.3. The van der Waals surface area contributed by atoms with Gasteiger partial charge in [-0.05, 0) is 24.9 Å². The van der Waals surface area contributed by atoms with Crippen LogP contribution in [0.25, 0.3) is 0 Å². The molecule has 2 amide bonds. The maximum atomic E-state index is 12.3. The van der Waals surface area contributed by atoms with E-state index in [1.54, 1.807) is 4.68 Å². The molecular weight excluding hydrogens is 314 g/mol. The quantitative estimate of drug-likeness (QED) is 0.878. The highest BCUT2D eigenvalue weighted by Crippen LogP contribution is 2.31. The lowest BCUT2D eigenvalue weighted by Crippen LogP contribution is -2.35. The second-order valence-electron chi connectivity index (χ2n) is 6.85. The summed E-state index contributed by atoms with van der Waals surface area (Å²) >= 11 is 0.